The molecule has 236 valence electrons. The zero-order valence-corrected chi connectivity index (χ0v) is 27.2. The predicted molar refractivity (Wildman–Crippen MR) is 173 cm³/mol. The Morgan fingerprint density at radius 2 is 1.86 bits per heavy atom. The summed E-state index contributed by atoms with van der Waals surface area (Å²) < 4.78 is 28.9. The van der Waals surface area contributed by atoms with Crippen molar-refractivity contribution in [3.63, 3.8) is 0 Å². The van der Waals surface area contributed by atoms with E-state index in [4.69, 9.17) is 4.74 Å². The number of rotatable bonds is 14. The van der Waals surface area contributed by atoms with E-state index in [2.05, 4.69) is 22.0 Å². The number of hydrogen-bond acceptors (Lipinski definition) is 7. The molecule has 4 rings (SSSR count). The minimum atomic E-state index is -3.38. The summed E-state index contributed by atoms with van der Waals surface area (Å²) in [6.45, 7) is 4.38. The van der Waals surface area contributed by atoms with Gasteiger partial charge in [0, 0.05) is 43.3 Å². The first-order valence-electron chi connectivity index (χ1n) is 15.3. The average molecular weight is 631 g/mol. The Kier molecular flexibility index (Phi) is 12.1. The van der Waals surface area contributed by atoms with Gasteiger partial charge in [0.25, 0.3) is 5.91 Å². The van der Waals surface area contributed by atoms with Crippen LogP contribution in [0.15, 0.2) is 42.5 Å². The lowest BCUT2D eigenvalue weighted by Crippen LogP contribution is -2.42. The highest BCUT2D eigenvalue weighted by atomic mass is 32.2. The minimum absolute atomic E-state index is 0.201. The number of carboxylic acids is 1. The molecule has 2 aromatic carbocycles. The number of nitrogens with one attached hydrogen (secondary N) is 1. The summed E-state index contributed by atoms with van der Waals surface area (Å²) in [6.07, 6.45) is 8.77. The van der Waals surface area contributed by atoms with E-state index in [1.807, 2.05) is 43.3 Å². The van der Waals surface area contributed by atoms with Crippen LogP contribution in [0, 0.1) is 12.8 Å². The summed E-state index contributed by atoms with van der Waals surface area (Å²) in [6, 6.07) is 12.6. The summed E-state index contributed by atoms with van der Waals surface area (Å²) in [5.41, 5.74) is 4.05. The van der Waals surface area contributed by atoms with Gasteiger partial charge in [-0.3, -0.25) is 9.69 Å². The molecule has 1 aliphatic carbocycles. The lowest BCUT2D eigenvalue weighted by molar-refractivity contribution is -0.139. The van der Waals surface area contributed by atoms with E-state index >= 15 is 0 Å². The monoisotopic (exact) mass is 630 g/mol. The molecule has 43 heavy (non-hydrogen) atoms. The molecule has 1 saturated heterocycles. The largest absolute Gasteiger partial charge is 0.480 e. The second kappa shape index (κ2) is 15.5. The topological polar surface area (TPSA) is 113 Å². The number of carbonyl (C=O) groups is 2. The van der Waals surface area contributed by atoms with E-state index < -0.39 is 27.8 Å². The second-order valence-corrected chi connectivity index (χ2v) is 15.8. The van der Waals surface area contributed by atoms with Gasteiger partial charge in [0.15, 0.2) is 0 Å². The number of likely N-dealkylation sites (tertiary alicyclic amines) is 1. The third-order valence-corrected chi connectivity index (χ3v) is 11.1. The SMILES string of the molecule is COC[C@@H]1C[C@@H](SCC2CCCCC2)CN1Cc1ccc(C(=O)N[C@@H](CCS(C)(=O)=O)C(=O)O)c(-c2ccccc2C)c1. The van der Waals surface area contributed by atoms with Crippen molar-refractivity contribution in [1.29, 1.82) is 0 Å². The van der Waals surface area contributed by atoms with Gasteiger partial charge in [0.1, 0.15) is 15.9 Å². The highest BCUT2D eigenvalue weighted by Crippen LogP contribution is 2.35. The molecule has 0 unspecified atom stereocenters. The molecule has 0 radical (unpaired) electrons. The molecule has 3 atom stereocenters. The van der Waals surface area contributed by atoms with Crippen molar-refractivity contribution in [3.8, 4) is 11.1 Å². The maximum absolute atomic E-state index is 13.5. The zero-order chi connectivity index (χ0) is 31.0. The number of carboxylic acid groups (broad SMARTS) is 1. The number of amides is 1. The molecule has 2 fully saturated rings. The fraction of sp³-hybridized carbons (Fsp3) is 0.576. The van der Waals surface area contributed by atoms with Crippen LogP contribution in [0.5, 0.6) is 0 Å². The molecule has 0 bridgehead atoms. The maximum Gasteiger partial charge on any atom is 0.326 e. The summed E-state index contributed by atoms with van der Waals surface area (Å²) in [4.78, 5) is 27.8. The van der Waals surface area contributed by atoms with Gasteiger partial charge in [-0.05, 0) is 78.7 Å². The molecule has 2 aromatic rings. The Labute approximate surface area is 260 Å². The fourth-order valence-electron chi connectivity index (χ4n) is 6.29. The first-order chi connectivity index (χ1) is 20.5. The number of ether oxygens (including phenoxy) is 1. The molecule has 0 spiro atoms. The molecule has 1 heterocycles. The van der Waals surface area contributed by atoms with E-state index in [9.17, 15) is 23.1 Å². The summed E-state index contributed by atoms with van der Waals surface area (Å²) >= 11 is 2.12. The van der Waals surface area contributed by atoms with E-state index in [-0.39, 0.29) is 12.2 Å². The van der Waals surface area contributed by atoms with Gasteiger partial charge >= 0.3 is 5.97 Å². The third kappa shape index (κ3) is 9.80. The second-order valence-electron chi connectivity index (χ2n) is 12.2. The standard InChI is InChI=1S/C33H46N2O6S2/c1-23-9-7-8-12-28(23)30-17-25(13-14-29(30)32(36)34-31(33(37)38)15-16-43(3,39)40)19-35-20-27(18-26(35)21-41-2)42-22-24-10-5-4-6-11-24/h7-9,12-14,17,24,26-27,31H,4-6,10-11,15-16,18-22H2,1-3H3,(H,34,36)(H,37,38)/t26-,27+,31-/m0/s1. The lowest BCUT2D eigenvalue weighted by Gasteiger charge is -2.25. The number of methoxy groups -OCH3 is 1. The highest BCUT2D eigenvalue weighted by Gasteiger charge is 2.33. The normalized spacial score (nSPS) is 20.6. The van der Waals surface area contributed by atoms with Crippen LogP contribution in [0.2, 0.25) is 0 Å². The summed E-state index contributed by atoms with van der Waals surface area (Å²) in [5, 5.41) is 12.8. The van der Waals surface area contributed by atoms with Crippen molar-refractivity contribution in [3.05, 3.63) is 59.2 Å². The Morgan fingerprint density at radius 1 is 1.12 bits per heavy atom. The quantitative estimate of drug-likeness (QED) is 0.294. The van der Waals surface area contributed by atoms with Gasteiger partial charge in [0.05, 0.1) is 12.4 Å². The lowest BCUT2D eigenvalue weighted by atomic mass is 9.91. The molecule has 1 aliphatic heterocycles. The zero-order valence-electron chi connectivity index (χ0n) is 25.6. The van der Waals surface area contributed by atoms with Crippen LogP contribution in [0.3, 0.4) is 0 Å². The van der Waals surface area contributed by atoms with Gasteiger partial charge in [-0.2, -0.15) is 11.8 Å². The molecule has 8 nitrogen and oxygen atoms in total. The highest BCUT2D eigenvalue weighted by molar-refractivity contribution is 7.99. The number of aliphatic carboxylic acids is 1. The number of aryl methyl sites for hydroxylation is 1. The van der Waals surface area contributed by atoms with Crippen molar-refractivity contribution >= 4 is 33.5 Å². The molecule has 0 aromatic heterocycles. The molecule has 1 saturated carbocycles. The van der Waals surface area contributed by atoms with Gasteiger partial charge in [-0.25, -0.2) is 13.2 Å². The van der Waals surface area contributed by atoms with E-state index in [0.717, 1.165) is 53.9 Å². The van der Waals surface area contributed by atoms with Crippen molar-refractivity contribution in [1.82, 2.24) is 10.2 Å². The van der Waals surface area contributed by atoms with Crippen LogP contribution in [-0.4, -0.2) is 85.7 Å². The maximum atomic E-state index is 13.5. The third-order valence-electron chi connectivity index (χ3n) is 8.67. The Hall–Kier alpha value is -2.40. The van der Waals surface area contributed by atoms with Gasteiger partial charge in [-0.1, -0.05) is 49.6 Å². The number of thioether (sulfide) groups is 1. The van der Waals surface area contributed by atoms with Crippen LogP contribution < -0.4 is 5.32 Å². The van der Waals surface area contributed by atoms with Crippen molar-refractivity contribution in [2.45, 2.75) is 75.7 Å². The Bertz CT molecular complexity index is 1360. The van der Waals surface area contributed by atoms with Crippen LogP contribution in [-0.2, 0) is 25.9 Å². The van der Waals surface area contributed by atoms with Gasteiger partial charge in [0.2, 0.25) is 0 Å². The van der Waals surface area contributed by atoms with Crippen LogP contribution in [0.4, 0.5) is 0 Å². The minimum Gasteiger partial charge on any atom is -0.480 e. The van der Waals surface area contributed by atoms with Gasteiger partial charge in [-0.15, -0.1) is 0 Å². The molecule has 2 aliphatic rings. The van der Waals surface area contributed by atoms with Crippen LogP contribution >= 0.6 is 11.8 Å². The average Bonchev–Trinajstić information content (AvgIpc) is 3.35. The number of nitrogens with zero attached hydrogens (tertiary/aromatic N) is 1. The summed E-state index contributed by atoms with van der Waals surface area (Å²) in [5.74, 6) is -0.0487. The number of carbonyl (C=O) groups excluding carboxylic acids is 1. The fourth-order valence-corrected chi connectivity index (χ4v) is 8.49. The molecule has 1 amide bonds. The molecule has 2 N–H and O–H groups in total. The van der Waals surface area contributed by atoms with Crippen molar-refractivity contribution in [2.24, 2.45) is 5.92 Å². The van der Waals surface area contributed by atoms with Crippen molar-refractivity contribution < 1.29 is 27.9 Å². The first-order valence-corrected chi connectivity index (χ1v) is 18.4. The first kappa shape index (κ1) is 33.5. The van der Waals surface area contributed by atoms with Crippen LogP contribution in [0.25, 0.3) is 11.1 Å². The van der Waals surface area contributed by atoms with Gasteiger partial charge < -0.3 is 15.2 Å². The van der Waals surface area contributed by atoms with E-state index in [1.165, 1.54) is 37.9 Å². The number of sulfone groups is 1. The predicted octanol–water partition coefficient (Wildman–Crippen LogP) is 5.18. The number of benzene rings is 2. The number of hydrogen-bond donors (Lipinski definition) is 2. The Morgan fingerprint density at radius 3 is 2.53 bits per heavy atom. The smallest absolute Gasteiger partial charge is 0.326 e. The van der Waals surface area contributed by atoms with Crippen molar-refractivity contribution in [2.75, 3.05) is 38.0 Å². The Balaban J connectivity index is 1.54. The van der Waals surface area contributed by atoms with Crippen LogP contribution in [0.1, 0.15) is 66.4 Å². The van der Waals surface area contributed by atoms with E-state index in [0.29, 0.717) is 23.5 Å². The summed E-state index contributed by atoms with van der Waals surface area (Å²) in [7, 11) is -1.62. The molecule has 10 heteroatoms. The van der Waals surface area contributed by atoms with E-state index in [1.54, 1.807) is 13.2 Å². The molecular formula is C33H46N2O6S2. The molecular weight excluding hydrogens is 585 g/mol.